The third kappa shape index (κ3) is 2.94. The second kappa shape index (κ2) is 6.89. The van der Waals surface area contributed by atoms with E-state index in [1.165, 1.54) is 73.0 Å². The second-order valence-electron chi connectivity index (χ2n) is 7.97. The van der Waals surface area contributed by atoms with Crippen LogP contribution < -0.4 is 4.90 Å². The van der Waals surface area contributed by atoms with Gasteiger partial charge in [-0.1, -0.05) is 12.8 Å². The van der Waals surface area contributed by atoms with Gasteiger partial charge in [0.15, 0.2) is 5.82 Å². The molecule has 0 unspecified atom stereocenters. The van der Waals surface area contributed by atoms with Gasteiger partial charge in [-0.25, -0.2) is 9.97 Å². The lowest BCUT2D eigenvalue weighted by Gasteiger charge is -2.24. The smallest absolute Gasteiger partial charge is 0.166 e. The number of aromatic amines is 1. The number of hydrogen-bond acceptors (Lipinski definition) is 5. The monoisotopic (exact) mass is 381 g/mol. The Morgan fingerprint density at radius 2 is 1.70 bits per heavy atom. The predicted molar refractivity (Wildman–Crippen MR) is 112 cm³/mol. The quantitative estimate of drug-likeness (QED) is 0.682. The van der Waals surface area contributed by atoms with Crippen LogP contribution in [0.3, 0.4) is 0 Å². The molecule has 6 heteroatoms. The Hall–Kier alpha value is -1.95. The van der Waals surface area contributed by atoms with Gasteiger partial charge >= 0.3 is 0 Å². The Bertz CT molecular complexity index is 959. The summed E-state index contributed by atoms with van der Waals surface area (Å²) in [5, 5.41) is 8.83. The normalized spacial score (nSPS) is 17.9. The topological polar surface area (TPSA) is 57.7 Å². The van der Waals surface area contributed by atoms with Gasteiger partial charge in [0.1, 0.15) is 10.6 Å². The number of nitrogens with one attached hydrogen (secondary N) is 1. The maximum atomic E-state index is 5.17. The van der Waals surface area contributed by atoms with Crippen LogP contribution in [0.2, 0.25) is 0 Å². The van der Waals surface area contributed by atoms with E-state index in [0.717, 1.165) is 35.9 Å². The van der Waals surface area contributed by atoms with E-state index in [2.05, 4.69) is 22.0 Å². The molecule has 5 rings (SSSR count). The highest BCUT2D eigenvalue weighted by Crippen LogP contribution is 2.41. The van der Waals surface area contributed by atoms with Crippen LogP contribution in [0.25, 0.3) is 21.6 Å². The number of fused-ring (bicyclic) bond motifs is 3. The van der Waals surface area contributed by atoms with Crippen molar-refractivity contribution in [2.45, 2.75) is 65.2 Å². The minimum absolute atomic E-state index is 0.837. The van der Waals surface area contributed by atoms with Crippen LogP contribution in [0.1, 0.15) is 60.4 Å². The molecule has 3 aromatic rings. The molecule has 4 heterocycles. The van der Waals surface area contributed by atoms with Crippen molar-refractivity contribution in [2.24, 2.45) is 0 Å². The van der Waals surface area contributed by atoms with Crippen LogP contribution in [-0.2, 0) is 12.8 Å². The van der Waals surface area contributed by atoms with E-state index in [0.29, 0.717) is 0 Å². The molecule has 3 aromatic heterocycles. The van der Waals surface area contributed by atoms with Gasteiger partial charge in [0, 0.05) is 23.7 Å². The molecule has 1 saturated heterocycles. The average molecular weight is 382 g/mol. The third-order valence-electron chi connectivity index (χ3n) is 6.05. The number of hydrogen-bond donors (Lipinski definition) is 1. The van der Waals surface area contributed by atoms with Crippen molar-refractivity contribution < 1.29 is 0 Å². The van der Waals surface area contributed by atoms with E-state index < -0.39 is 0 Å². The molecular weight excluding hydrogens is 354 g/mol. The van der Waals surface area contributed by atoms with Crippen LogP contribution in [0.15, 0.2) is 0 Å². The molecule has 5 nitrogen and oxygen atoms in total. The molecule has 0 aromatic carbocycles. The zero-order valence-corrected chi connectivity index (χ0v) is 17.1. The van der Waals surface area contributed by atoms with Crippen molar-refractivity contribution in [2.75, 3.05) is 18.0 Å². The van der Waals surface area contributed by atoms with Crippen LogP contribution in [0.4, 0.5) is 5.82 Å². The first-order valence-electron chi connectivity index (χ1n) is 10.3. The molecule has 27 heavy (non-hydrogen) atoms. The van der Waals surface area contributed by atoms with Gasteiger partial charge in [-0.15, -0.1) is 11.3 Å². The number of rotatable bonds is 2. The van der Waals surface area contributed by atoms with Gasteiger partial charge in [-0.05, 0) is 57.9 Å². The van der Waals surface area contributed by atoms with E-state index in [1.807, 2.05) is 18.3 Å². The molecule has 0 spiro atoms. The Balaban J connectivity index is 1.74. The summed E-state index contributed by atoms with van der Waals surface area (Å²) < 4.78 is 0. The van der Waals surface area contributed by atoms with Gasteiger partial charge in [-0.3, -0.25) is 5.10 Å². The first kappa shape index (κ1) is 17.2. The standard InChI is InChI=1S/C21H27N5S/c1-13-17(14(2)25-24-13)19-22-20(26-11-7-3-4-8-12-26)18-15-9-5-6-10-16(15)27-21(18)23-19/h3-12H2,1-2H3,(H,24,25). The van der Waals surface area contributed by atoms with Crippen molar-refractivity contribution >= 4 is 27.4 Å². The van der Waals surface area contributed by atoms with Crippen molar-refractivity contribution in [3.63, 3.8) is 0 Å². The van der Waals surface area contributed by atoms with E-state index in [1.54, 1.807) is 4.88 Å². The third-order valence-corrected chi connectivity index (χ3v) is 7.24. The zero-order chi connectivity index (χ0) is 18.4. The fourth-order valence-corrected chi connectivity index (χ4v) is 5.90. The number of nitrogens with zero attached hydrogens (tertiary/aromatic N) is 4. The van der Waals surface area contributed by atoms with Crippen LogP contribution in [-0.4, -0.2) is 33.3 Å². The highest BCUT2D eigenvalue weighted by molar-refractivity contribution is 7.19. The summed E-state index contributed by atoms with van der Waals surface area (Å²) in [6.07, 6.45) is 10.2. The zero-order valence-electron chi connectivity index (χ0n) is 16.3. The minimum atomic E-state index is 0.837. The molecule has 1 aliphatic carbocycles. The molecule has 142 valence electrons. The summed E-state index contributed by atoms with van der Waals surface area (Å²) in [6, 6.07) is 0. The molecule has 1 aliphatic heterocycles. The van der Waals surface area contributed by atoms with Crippen molar-refractivity contribution in [3.8, 4) is 11.4 Å². The fourth-order valence-electron chi connectivity index (χ4n) is 4.64. The first-order valence-corrected chi connectivity index (χ1v) is 11.1. The van der Waals surface area contributed by atoms with Gasteiger partial charge in [0.05, 0.1) is 16.6 Å². The number of aryl methyl sites for hydroxylation is 4. The summed E-state index contributed by atoms with van der Waals surface area (Å²) in [5.41, 5.74) is 4.64. The molecule has 1 N–H and O–H groups in total. The Morgan fingerprint density at radius 3 is 2.44 bits per heavy atom. The van der Waals surface area contributed by atoms with Gasteiger partial charge in [0.2, 0.25) is 0 Å². The first-order chi connectivity index (χ1) is 13.2. The molecule has 1 fully saturated rings. The molecule has 0 atom stereocenters. The van der Waals surface area contributed by atoms with Crippen LogP contribution in [0, 0.1) is 13.8 Å². The second-order valence-corrected chi connectivity index (χ2v) is 9.06. The maximum absolute atomic E-state index is 5.17. The lowest BCUT2D eigenvalue weighted by Crippen LogP contribution is -2.25. The predicted octanol–water partition coefficient (Wildman–Crippen LogP) is 4.96. The summed E-state index contributed by atoms with van der Waals surface area (Å²) in [5.74, 6) is 2.01. The summed E-state index contributed by atoms with van der Waals surface area (Å²) in [4.78, 5) is 15.5. The Kier molecular flexibility index (Phi) is 4.38. The van der Waals surface area contributed by atoms with Crippen molar-refractivity contribution in [3.05, 3.63) is 21.8 Å². The summed E-state index contributed by atoms with van der Waals surface area (Å²) in [7, 11) is 0. The van der Waals surface area contributed by atoms with Gasteiger partial charge in [-0.2, -0.15) is 5.10 Å². The van der Waals surface area contributed by atoms with Crippen LogP contribution >= 0.6 is 11.3 Å². The lowest BCUT2D eigenvalue weighted by molar-refractivity contribution is 0.699. The summed E-state index contributed by atoms with van der Waals surface area (Å²) in [6.45, 7) is 6.32. The van der Waals surface area contributed by atoms with Gasteiger partial charge in [0.25, 0.3) is 0 Å². The van der Waals surface area contributed by atoms with Crippen LogP contribution in [0.5, 0.6) is 0 Å². The minimum Gasteiger partial charge on any atom is -0.356 e. The number of thiophene rings is 1. The molecule has 0 bridgehead atoms. The molecule has 0 saturated carbocycles. The highest BCUT2D eigenvalue weighted by atomic mass is 32.1. The molecule has 0 amide bonds. The van der Waals surface area contributed by atoms with Gasteiger partial charge < -0.3 is 4.90 Å². The molecular formula is C21H27N5S. The van der Waals surface area contributed by atoms with E-state index in [9.17, 15) is 0 Å². The van der Waals surface area contributed by atoms with Crippen molar-refractivity contribution in [1.82, 2.24) is 20.2 Å². The summed E-state index contributed by atoms with van der Waals surface area (Å²) >= 11 is 1.90. The maximum Gasteiger partial charge on any atom is 0.166 e. The number of aromatic nitrogens is 4. The fraction of sp³-hybridized carbons (Fsp3) is 0.571. The SMILES string of the molecule is Cc1n[nH]c(C)c1-c1nc(N2CCCCCC2)c2c3c(sc2n1)CCCC3. The van der Waals surface area contributed by atoms with E-state index in [-0.39, 0.29) is 0 Å². The largest absolute Gasteiger partial charge is 0.356 e. The Morgan fingerprint density at radius 1 is 0.926 bits per heavy atom. The number of H-pyrrole nitrogens is 1. The average Bonchev–Trinajstić information content (AvgIpc) is 3.07. The molecule has 0 radical (unpaired) electrons. The molecule has 2 aliphatic rings. The Labute approximate surface area is 164 Å². The van der Waals surface area contributed by atoms with Crippen molar-refractivity contribution in [1.29, 1.82) is 0 Å². The van der Waals surface area contributed by atoms with E-state index in [4.69, 9.17) is 9.97 Å². The number of anilines is 1. The van der Waals surface area contributed by atoms with E-state index >= 15 is 0 Å². The lowest BCUT2D eigenvalue weighted by atomic mass is 9.97. The highest BCUT2D eigenvalue weighted by Gasteiger charge is 2.25.